The van der Waals surface area contributed by atoms with E-state index >= 15 is 0 Å². The van der Waals surface area contributed by atoms with Crippen LogP contribution in [0, 0.1) is 0 Å². The molecule has 0 atom stereocenters. The van der Waals surface area contributed by atoms with E-state index in [1.807, 2.05) is 18.7 Å². The maximum atomic E-state index is 12.6. The Balaban J connectivity index is 1.88. The molecule has 0 radical (unpaired) electrons. The van der Waals surface area contributed by atoms with Crippen molar-refractivity contribution in [3.8, 4) is 0 Å². The topological polar surface area (TPSA) is 90.0 Å². The van der Waals surface area contributed by atoms with E-state index in [1.165, 1.54) is 9.21 Å². The van der Waals surface area contributed by atoms with Crippen molar-refractivity contribution < 1.29 is 18.0 Å². The van der Waals surface area contributed by atoms with E-state index in [9.17, 15) is 18.0 Å². The van der Waals surface area contributed by atoms with Gasteiger partial charge in [-0.25, -0.2) is 8.42 Å². The standard InChI is InChI=1S/C18H28N4O4S/c1-3-19-17(23)14-21(4-2)18(24)15-20-10-12-22(13-11-20)27(25,26)16-8-6-5-7-9-16/h5-9H,3-4,10-15H2,1-2H3,(H,19,23). The van der Waals surface area contributed by atoms with Crippen LogP contribution < -0.4 is 5.32 Å². The van der Waals surface area contributed by atoms with Gasteiger partial charge >= 0.3 is 0 Å². The van der Waals surface area contributed by atoms with Gasteiger partial charge in [0.05, 0.1) is 18.0 Å². The molecule has 8 nitrogen and oxygen atoms in total. The lowest BCUT2D eigenvalue weighted by atomic mass is 10.3. The summed E-state index contributed by atoms with van der Waals surface area (Å²) in [5, 5.41) is 2.69. The highest BCUT2D eigenvalue weighted by atomic mass is 32.2. The number of hydrogen-bond donors (Lipinski definition) is 1. The molecule has 1 aliphatic heterocycles. The Bertz CT molecular complexity index is 731. The fourth-order valence-corrected chi connectivity index (χ4v) is 4.41. The van der Waals surface area contributed by atoms with Gasteiger partial charge in [-0.05, 0) is 26.0 Å². The second kappa shape index (κ2) is 9.82. The lowest BCUT2D eigenvalue weighted by Gasteiger charge is -2.34. The highest BCUT2D eigenvalue weighted by Gasteiger charge is 2.29. The molecule has 0 spiro atoms. The smallest absolute Gasteiger partial charge is 0.243 e. The van der Waals surface area contributed by atoms with E-state index in [0.29, 0.717) is 39.3 Å². The van der Waals surface area contributed by atoms with Crippen molar-refractivity contribution in [2.75, 3.05) is 52.4 Å². The third-order valence-corrected chi connectivity index (χ3v) is 6.43. The molecule has 27 heavy (non-hydrogen) atoms. The van der Waals surface area contributed by atoms with Crippen LogP contribution in [0.2, 0.25) is 0 Å². The molecule has 1 N–H and O–H groups in total. The molecule has 1 saturated heterocycles. The molecule has 0 bridgehead atoms. The number of carbonyl (C=O) groups excluding carboxylic acids is 2. The normalized spacial score (nSPS) is 16.1. The molecular formula is C18H28N4O4S. The predicted molar refractivity (Wildman–Crippen MR) is 103 cm³/mol. The summed E-state index contributed by atoms with van der Waals surface area (Å²) >= 11 is 0. The minimum absolute atomic E-state index is 0.0471. The quantitative estimate of drug-likeness (QED) is 0.667. The van der Waals surface area contributed by atoms with E-state index in [2.05, 4.69) is 5.32 Å². The molecule has 1 aromatic rings. The maximum absolute atomic E-state index is 12.6. The van der Waals surface area contributed by atoms with Gasteiger partial charge in [0.1, 0.15) is 0 Å². The molecule has 0 aromatic heterocycles. The van der Waals surface area contributed by atoms with E-state index in [0.717, 1.165) is 0 Å². The molecule has 1 aromatic carbocycles. The molecule has 2 amide bonds. The van der Waals surface area contributed by atoms with Crippen molar-refractivity contribution in [3.05, 3.63) is 30.3 Å². The van der Waals surface area contributed by atoms with Crippen LogP contribution in [-0.4, -0.2) is 86.7 Å². The Hall–Kier alpha value is -1.97. The summed E-state index contributed by atoms with van der Waals surface area (Å²) in [6, 6.07) is 8.37. The number of nitrogens with zero attached hydrogens (tertiary/aromatic N) is 3. The van der Waals surface area contributed by atoms with Crippen molar-refractivity contribution in [2.24, 2.45) is 0 Å². The summed E-state index contributed by atoms with van der Waals surface area (Å²) in [4.78, 5) is 27.9. The van der Waals surface area contributed by atoms with Crippen molar-refractivity contribution in [1.29, 1.82) is 0 Å². The Morgan fingerprint density at radius 1 is 1.07 bits per heavy atom. The fraction of sp³-hybridized carbons (Fsp3) is 0.556. The van der Waals surface area contributed by atoms with Gasteiger partial charge in [0.2, 0.25) is 21.8 Å². The number of nitrogens with one attached hydrogen (secondary N) is 1. The molecular weight excluding hydrogens is 368 g/mol. The van der Waals surface area contributed by atoms with Gasteiger partial charge in [-0.1, -0.05) is 18.2 Å². The first kappa shape index (κ1) is 21.3. The highest BCUT2D eigenvalue weighted by Crippen LogP contribution is 2.17. The van der Waals surface area contributed by atoms with Crippen molar-refractivity contribution in [3.63, 3.8) is 0 Å². The average molecular weight is 397 g/mol. The van der Waals surface area contributed by atoms with Crippen LogP contribution >= 0.6 is 0 Å². The molecule has 2 rings (SSSR count). The van der Waals surface area contributed by atoms with Crippen LogP contribution in [0.5, 0.6) is 0 Å². The summed E-state index contributed by atoms with van der Waals surface area (Å²) in [7, 11) is -3.50. The summed E-state index contributed by atoms with van der Waals surface area (Å²) in [5.41, 5.74) is 0. The van der Waals surface area contributed by atoms with Crippen LogP contribution in [0.15, 0.2) is 35.2 Å². The summed E-state index contributed by atoms with van der Waals surface area (Å²) in [5.74, 6) is -0.297. The molecule has 9 heteroatoms. The number of amides is 2. The number of benzene rings is 1. The van der Waals surface area contributed by atoms with Gasteiger partial charge in [-0.15, -0.1) is 0 Å². The van der Waals surface area contributed by atoms with Gasteiger partial charge in [0.15, 0.2) is 0 Å². The van der Waals surface area contributed by atoms with Gasteiger partial charge in [0.25, 0.3) is 0 Å². The van der Waals surface area contributed by atoms with Crippen LogP contribution in [-0.2, 0) is 19.6 Å². The summed E-state index contributed by atoms with van der Waals surface area (Å²) in [6.07, 6.45) is 0. The van der Waals surface area contributed by atoms with Crippen molar-refractivity contribution >= 4 is 21.8 Å². The Morgan fingerprint density at radius 2 is 1.70 bits per heavy atom. The van der Waals surface area contributed by atoms with Gasteiger partial charge in [0, 0.05) is 39.3 Å². The second-order valence-corrected chi connectivity index (χ2v) is 8.29. The van der Waals surface area contributed by atoms with Gasteiger partial charge < -0.3 is 10.2 Å². The zero-order valence-electron chi connectivity index (χ0n) is 15.9. The average Bonchev–Trinajstić information content (AvgIpc) is 2.67. The molecule has 0 saturated carbocycles. The van der Waals surface area contributed by atoms with Crippen LogP contribution in [0.25, 0.3) is 0 Å². The van der Waals surface area contributed by atoms with Crippen LogP contribution in [0.3, 0.4) is 0 Å². The molecule has 150 valence electrons. The summed E-state index contributed by atoms with van der Waals surface area (Å²) < 4.78 is 26.7. The zero-order chi connectivity index (χ0) is 19.9. The number of piperazine rings is 1. The molecule has 0 aliphatic carbocycles. The van der Waals surface area contributed by atoms with E-state index in [1.54, 1.807) is 30.3 Å². The van der Waals surface area contributed by atoms with Crippen molar-refractivity contribution in [1.82, 2.24) is 19.4 Å². The van der Waals surface area contributed by atoms with Crippen molar-refractivity contribution in [2.45, 2.75) is 18.7 Å². The lowest BCUT2D eigenvalue weighted by Crippen LogP contribution is -2.52. The Morgan fingerprint density at radius 3 is 2.26 bits per heavy atom. The Labute approximate surface area is 161 Å². The Kier molecular flexibility index (Phi) is 7.76. The lowest BCUT2D eigenvalue weighted by molar-refractivity contribution is -0.137. The van der Waals surface area contributed by atoms with E-state index < -0.39 is 10.0 Å². The van der Waals surface area contributed by atoms with E-state index in [-0.39, 0.29) is 29.8 Å². The highest BCUT2D eigenvalue weighted by molar-refractivity contribution is 7.89. The van der Waals surface area contributed by atoms with Gasteiger partial charge in [-0.2, -0.15) is 4.31 Å². The molecule has 0 unspecified atom stereocenters. The van der Waals surface area contributed by atoms with Crippen LogP contribution in [0.4, 0.5) is 0 Å². The SMILES string of the molecule is CCNC(=O)CN(CC)C(=O)CN1CCN(S(=O)(=O)c2ccccc2)CC1. The predicted octanol–water partition coefficient (Wildman–Crippen LogP) is -0.0225. The van der Waals surface area contributed by atoms with Gasteiger partial charge in [-0.3, -0.25) is 14.5 Å². The third-order valence-electron chi connectivity index (χ3n) is 4.51. The maximum Gasteiger partial charge on any atom is 0.243 e. The second-order valence-electron chi connectivity index (χ2n) is 6.35. The van der Waals surface area contributed by atoms with Crippen LogP contribution in [0.1, 0.15) is 13.8 Å². The summed E-state index contributed by atoms with van der Waals surface area (Å²) in [6.45, 7) is 6.53. The number of sulfonamides is 1. The minimum atomic E-state index is -3.50. The number of carbonyl (C=O) groups is 2. The largest absolute Gasteiger partial charge is 0.355 e. The number of rotatable bonds is 8. The number of likely N-dealkylation sites (N-methyl/N-ethyl adjacent to an activating group) is 2. The minimum Gasteiger partial charge on any atom is -0.355 e. The first-order chi connectivity index (χ1) is 12.9. The molecule has 1 fully saturated rings. The zero-order valence-corrected chi connectivity index (χ0v) is 16.7. The first-order valence-corrected chi connectivity index (χ1v) is 10.6. The third kappa shape index (κ3) is 5.75. The number of hydrogen-bond acceptors (Lipinski definition) is 5. The molecule has 1 aliphatic rings. The fourth-order valence-electron chi connectivity index (χ4n) is 2.96. The van der Waals surface area contributed by atoms with E-state index in [4.69, 9.17) is 0 Å². The molecule has 1 heterocycles. The first-order valence-electron chi connectivity index (χ1n) is 9.20. The monoisotopic (exact) mass is 396 g/mol.